The van der Waals surface area contributed by atoms with Crippen molar-refractivity contribution in [1.29, 1.82) is 0 Å². The summed E-state index contributed by atoms with van der Waals surface area (Å²) < 4.78 is 76.4. The van der Waals surface area contributed by atoms with Gasteiger partial charge in [0.25, 0.3) is 0 Å². The van der Waals surface area contributed by atoms with Crippen LogP contribution in [0.25, 0.3) is 21.9 Å². The third kappa shape index (κ3) is 5.63. The third-order valence-electron chi connectivity index (χ3n) is 5.52. The maximum Gasteiger partial charge on any atom is 0.159 e. The molecule has 4 aromatic carbocycles. The van der Waals surface area contributed by atoms with Gasteiger partial charge in [-0.3, -0.25) is 0 Å². The molecule has 4 rings (SSSR count). The number of unbranched alkanes of at least 4 members (excludes halogenated alkanes) is 2. The van der Waals surface area contributed by atoms with Gasteiger partial charge in [0, 0.05) is 17.2 Å². The number of benzene rings is 4. The summed E-state index contributed by atoms with van der Waals surface area (Å²) >= 11 is 0. The van der Waals surface area contributed by atoms with Gasteiger partial charge in [-0.05, 0) is 71.3 Å². The molecule has 0 saturated heterocycles. The Hall–Kier alpha value is -3.85. The molecule has 0 amide bonds. The Morgan fingerprint density at radius 3 is 2.06 bits per heavy atom. The van der Waals surface area contributed by atoms with Crippen LogP contribution in [0.15, 0.2) is 60.7 Å². The molecule has 0 saturated carbocycles. The molecular weight excluding hydrogens is 459 g/mol. The van der Waals surface area contributed by atoms with E-state index in [4.69, 9.17) is 4.74 Å². The minimum absolute atomic E-state index is 0.0313. The second-order valence-electron chi connectivity index (χ2n) is 8.09. The van der Waals surface area contributed by atoms with E-state index in [1.807, 2.05) is 0 Å². The van der Waals surface area contributed by atoms with Gasteiger partial charge < -0.3 is 4.74 Å². The molecule has 0 aliphatic carbocycles. The summed E-state index contributed by atoms with van der Waals surface area (Å²) in [5.74, 6) is 0.919. The van der Waals surface area contributed by atoms with Crippen LogP contribution in [0.4, 0.5) is 22.0 Å². The lowest BCUT2D eigenvalue weighted by Crippen LogP contribution is -1.98. The van der Waals surface area contributed by atoms with E-state index in [1.54, 1.807) is 6.07 Å². The molecule has 1 nitrogen and oxygen atoms in total. The van der Waals surface area contributed by atoms with Crippen molar-refractivity contribution in [3.8, 4) is 28.7 Å². The highest BCUT2D eigenvalue weighted by Gasteiger charge is 2.14. The smallest absolute Gasteiger partial charge is 0.159 e. The molecule has 0 heterocycles. The van der Waals surface area contributed by atoms with Crippen LogP contribution in [-0.2, 0) is 0 Å². The first kappa shape index (κ1) is 24.3. The maximum atomic E-state index is 14.7. The van der Waals surface area contributed by atoms with E-state index in [0.29, 0.717) is 28.7 Å². The lowest BCUT2D eigenvalue weighted by Gasteiger charge is -2.09. The van der Waals surface area contributed by atoms with Gasteiger partial charge in [-0.25, -0.2) is 22.0 Å². The summed E-state index contributed by atoms with van der Waals surface area (Å²) in [5.41, 5.74) is -0.0434. The third-order valence-corrected chi connectivity index (χ3v) is 5.52. The molecule has 0 N–H and O–H groups in total. The molecule has 178 valence electrons. The largest absolute Gasteiger partial charge is 0.493 e. The molecular formula is C29H21F5O. The van der Waals surface area contributed by atoms with Crippen LogP contribution < -0.4 is 4.74 Å². The summed E-state index contributed by atoms with van der Waals surface area (Å²) in [6, 6.07) is 12.9. The van der Waals surface area contributed by atoms with Gasteiger partial charge in [-0.15, -0.1) is 0 Å². The van der Waals surface area contributed by atoms with Crippen molar-refractivity contribution < 1.29 is 26.7 Å². The summed E-state index contributed by atoms with van der Waals surface area (Å²) in [6.07, 6.45) is 2.90. The highest BCUT2D eigenvalue weighted by molar-refractivity contribution is 5.84. The topological polar surface area (TPSA) is 9.23 Å². The molecule has 0 unspecified atom stereocenters. The Balaban J connectivity index is 1.58. The van der Waals surface area contributed by atoms with Crippen molar-refractivity contribution in [2.75, 3.05) is 6.61 Å². The normalized spacial score (nSPS) is 10.8. The Morgan fingerprint density at radius 2 is 1.37 bits per heavy atom. The van der Waals surface area contributed by atoms with Crippen LogP contribution in [0.1, 0.15) is 37.3 Å². The van der Waals surface area contributed by atoms with Crippen molar-refractivity contribution in [2.24, 2.45) is 0 Å². The zero-order valence-corrected chi connectivity index (χ0v) is 18.9. The van der Waals surface area contributed by atoms with Crippen molar-refractivity contribution in [3.05, 3.63) is 101 Å². The quantitative estimate of drug-likeness (QED) is 0.154. The monoisotopic (exact) mass is 480 g/mol. The highest BCUT2D eigenvalue weighted by Crippen LogP contribution is 2.29. The number of hydrogen-bond acceptors (Lipinski definition) is 1. The molecule has 0 atom stereocenters. The lowest BCUT2D eigenvalue weighted by molar-refractivity contribution is 0.305. The number of halogens is 5. The van der Waals surface area contributed by atoms with Crippen LogP contribution in [0.2, 0.25) is 0 Å². The van der Waals surface area contributed by atoms with Crippen LogP contribution >= 0.6 is 0 Å². The standard InChI is InChI=1S/C29H21F5O/c1-2-3-4-11-35-22-8-10-23(27(32)17-22)21-15-25(30)24(26(31)16-21)9-6-18-5-7-19-13-28(33)29(34)14-20(19)12-18/h5,7-8,10,12-17H,2-4,11H2,1H3. The van der Waals surface area contributed by atoms with Gasteiger partial charge in [-0.2, -0.15) is 0 Å². The van der Waals surface area contributed by atoms with Gasteiger partial charge in [-0.1, -0.05) is 37.7 Å². The molecule has 0 aromatic heterocycles. The second kappa shape index (κ2) is 10.6. The minimum atomic E-state index is -1.00. The summed E-state index contributed by atoms with van der Waals surface area (Å²) in [6.45, 7) is 2.53. The molecule has 6 heteroatoms. The molecule has 0 bridgehead atoms. The molecule has 0 fully saturated rings. The number of rotatable bonds is 6. The van der Waals surface area contributed by atoms with Gasteiger partial charge in [0.2, 0.25) is 0 Å². The van der Waals surface area contributed by atoms with Gasteiger partial charge in [0.15, 0.2) is 11.6 Å². The van der Waals surface area contributed by atoms with Gasteiger partial charge >= 0.3 is 0 Å². The van der Waals surface area contributed by atoms with E-state index in [9.17, 15) is 22.0 Å². The van der Waals surface area contributed by atoms with Crippen molar-refractivity contribution in [2.45, 2.75) is 26.2 Å². The zero-order valence-electron chi connectivity index (χ0n) is 18.9. The maximum absolute atomic E-state index is 14.7. The predicted molar refractivity (Wildman–Crippen MR) is 127 cm³/mol. The molecule has 0 radical (unpaired) electrons. The average Bonchev–Trinajstić information content (AvgIpc) is 2.82. The Labute approximate surface area is 200 Å². The Morgan fingerprint density at radius 1 is 0.657 bits per heavy atom. The number of ether oxygens (including phenoxy) is 1. The van der Waals surface area contributed by atoms with E-state index in [-0.39, 0.29) is 11.1 Å². The molecule has 0 spiro atoms. The first-order valence-electron chi connectivity index (χ1n) is 11.2. The fourth-order valence-corrected chi connectivity index (χ4v) is 3.66. The summed E-state index contributed by atoms with van der Waals surface area (Å²) in [7, 11) is 0. The number of fused-ring (bicyclic) bond motifs is 1. The summed E-state index contributed by atoms with van der Waals surface area (Å²) in [4.78, 5) is 0. The second-order valence-corrected chi connectivity index (χ2v) is 8.09. The van der Waals surface area contributed by atoms with Crippen molar-refractivity contribution >= 4 is 10.8 Å². The Bertz CT molecular complexity index is 1430. The first-order chi connectivity index (χ1) is 16.9. The van der Waals surface area contributed by atoms with Crippen LogP contribution in [0, 0.1) is 40.9 Å². The van der Waals surface area contributed by atoms with Crippen molar-refractivity contribution in [1.82, 2.24) is 0 Å². The zero-order chi connectivity index (χ0) is 24.9. The van der Waals surface area contributed by atoms with Gasteiger partial charge in [0.1, 0.15) is 23.2 Å². The van der Waals surface area contributed by atoms with E-state index in [1.165, 1.54) is 30.3 Å². The fourth-order valence-electron chi connectivity index (χ4n) is 3.66. The van der Waals surface area contributed by atoms with E-state index >= 15 is 0 Å². The molecule has 4 aromatic rings. The van der Waals surface area contributed by atoms with E-state index in [2.05, 4.69) is 18.8 Å². The van der Waals surface area contributed by atoms with Crippen molar-refractivity contribution in [3.63, 3.8) is 0 Å². The predicted octanol–water partition coefficient (Wildman–Crippen LogP) is 8.17. The molecule has 0 aliphatic rings. The Kier molecular flexibility index (Phi) is 7.36. The van der Waals surface area contributed by atoms with E-state index < -0.39 is 34.6 Å². The van der Waals surface area contributed by atoms with Gasteiger partial charge in [0.05, 0.1) is 12.2 Å². The molecule has 0 aliphatic heterocycles. The highest BCUT2D eigenvalue weighted by atomic mass is 19.2. The number of hydrogen-bond donors (Lipinski definition) is 0. The molecule has 35 heavy (non-hydrogen) atoms. The van der Waals surface area contributed by atoms with Crippen LogP contribution in [0.3, 0.4) is 0 Å². The minimum Gasteiger partial charge on any atom is -0.493 e. The average molecular weight is 480 g/mol. The SMILES string of the molecule is CCCCCOc1ccc(-c2cc(F)c(C#Cc3ccc4cc(F)c(F)cc4c3)c(F)c2)c(F)c1. The van der Waals surface area contributed by atoms with Crippen LogP contribution in [0.5, 0.6) is 5.75 Å². The first-order valence-corrected chi connectivity index (χ1v) is 11.2. The van der Waals surface area contributed by atoms with Crippen LogP contribution in [-0.4, -0.2) is 6.61 Å². The fraction of sp³-hybridized carbons (Fsp3) is 0.172. The van der Waals surface area contributed by atoms with E-state index in [0.717, 1.165) is 43.5 Å². The summed E-state index contributed by atoms with van der Waals surface area (Å²) in [5, 5.41) is 0.871. The lowest BCUT2D eigenvalue weighted by atomic mass is 10.0.